The molecule has 1 aromatic carbocycles. The first kappa shape index (κ1) is 22.2. The molecule has 30 heavy (non-hydrogen) atoms. The number of benzene rings is 1. The van der Waals surface area contributed by atoms with Gasteiger partial charge in [0.1, 0.15) is 0 Å². The number of Topliss-reactive ketones (excluding diaryl/α,β-unsaturated/α-hetero) is 1. The van der Waals surface area contributed by atoms with Crippen LogP contribution in [0.2, 0.25) is 0 Å². The number of aryl methyl sites for hydroxylation is 1. The highest BCUT2D eigenvalue weighted by atomic mass is 32.2. The van der Waals surface area contributed by atoms with Crippen molar-refractivity contribution in [2.45, 2.75) is 32.2 Å². The smallest absolute Gasteiger partial charge is 0.338 e. The number of rotatable bonds is 7. The van der Waals surface area contributed by atoms with Gasteiger partial charge >= 0.3 is 5.97 Å². The number of esters is 1. The minimum absolute atomic E-state index is 0.101. The first-order valence-electron chi connectivity index (χ1n) is 9.80. The Bertz CT molecular complexity index is 1030. The number of carbonyl (C=O) groups is 2. The van der Waals surface area contributed by atoms with Crippen molar-refractivity contribution >= 4 is 21.8 Å². The van der Waals surface area contributed by atoms with Crippen molar-refractivity contribution < 1.29 is 27.5 Å². The van der Waals surface area contributed by atoms with Crippen LogP contribution >= 0.6 is 0 Å². The molecule has 162 valence electrons. The van der Waals surface area contributed by atoms with Crippen LogP contribution in [-0.2, 0) is 26.0 Å². The third kappa shape index (κ3) is 4.48. The molecule has 0 radical (unpaired) electrons. The molecule has 2 aromatic rings. The van der Waals surface area contributed by atoms with E-state index in [4.69, 9.17) is 9.47 Å². The Balaban J connectivity index is 1.64. The lowest BCUT2D eigenvalue weighted by Crippen LogP contribution is -2.40. The average Bonchev–Trinajstić information content (AvgIpc) is 3.05. The lowest BCUT2D eigenvalue weighted by Gasteiger charge is -2.26. The van der Waals surface area contributed by atoms with Gasteiger partial charge in [0.15, 0.2) is 6.61 Å². The molecule has 1 fully saturated rings. The second-order valence-corrected chi connectivity index (χ2v) is 9.01. The van der Waals surface area contributed by atoms with Crippen molar-refractivity contribution in [2.24, 2.45) is 0 Å². The third-order valence-corrected chi connectivity index (χ3v) is 7.14. The fourth-order valence-electron chi connectivity index (χ4n) is 3.56. The van der Waals surface area contributed by atoms with Crippen LogP contribution < -0.4 is 0 Å². The van der Waals surface area contributed by atoms with Gasteiger partial charge in [-0.15, -0.1) is 0 Å². The fourth-order valence-corrected chi connectivity index (χ4v) is 4.97. The van der Waals surface area contributed by atoms with E-state index in [1.165, 1.54) is 28.6 Å². The van der Waals surface area contributed by atoms with Crippen molar-refractivity contribution in [3.8, 4) is 0 Å². The molecule has 0 N–H and O–H groups in total. The summed E-state index contributed by atoms with van der Waals surface area (Å²) in [5, 5.41) is 0. The zero-order valence-corrected chi connectivity index (χ0v) is 18.2. The van der Waals surface area contributed by atoms with Crippen molar-refractivity contribution in [1.82, 2.24) is 8.87 Å². The Kier molecular flexibility index (Phi) is 6.74. The first-order valence-corrected chi connectivity index (χ1v) is 11.2. The predicted molar refractivity (Wildman–Crippen MR) is 110 cm³/mol. The molecule has 3 rings (SSSR count). The standard InChI is InChI=1S/C21H26N2O6S/c1-4-23-15(2)13-19(16(23)3)20(24)14-29-21(25)17-5-7-18(8-6-17)30(26,27)22-9-11-28-12-10-22/h5-8,13H,4,9-12,14H2,1-3H3. The van der Waals surface area contributed by atoms with Crippen LogP contribution in [0, 0.1) is 13.8 Å². The topological polar surface area (TPSA) is 94.9 Å². The van der Waals surface area contributed by atoms with E-state index < -0.39 is 16.0 Å². The molecule has 1 aliphatic heterocycles. The molecule has 9 heteroatoms. The van der Waals surface area contributed by atoms with Crippen LogP contribution in [0.25, 0.3) is 0 Å². The van der Waals surface area contributed by atoms with Gasteiger partial charge < -0.3 is 14.0 Å². The Morgan fingerprint density at radius 1 is 1.10 bits per heavy atom. The summed E-state index contributed by atoms with van der Waals surface area (Å²) >= 11 is 0. The zero-order valence-electron chi connectivity index (χ0n) is 17.4. The first-order chi connectivity index (χ1) is 14.3. The quantitative estimate of drug-likeness (QED) is 0.490. The molecule has 1 aliphatic rings. The number of ketones is 1. The highest BCUT2D eigenvalue weighted by Crippen LogP contribution is 2.19. The van der Waals surface area contributed by atoms with E-state index in [0.717, 1.165) is 17.9 Å². The summed E-state index contributed by atoms with van der Waals surface area (Å²) in [7, 11) is -3.63. The molecular formula is C21H26N2O6S. The maximum Gasteiger partial charge on any atom is 0.338 e. The van der Waals surface area contributed by atoms with Gasteiger partial charge in [-0.3, -0.25) is 4.79 Å². The third-order valence-electron chi connectivity index (χ3n) is 5.22. The lowest BCUT2D eigenvalue weighted by atomic mass is 10.1. The molecule has 0 aliphatic carbocycles. The minimum atomic E-state index is -3.63. The average molecular weight is 435 g/mol. The molecule has 0 amide bonds. The molecular weight excluding hydrogens is 408 g/mol. The number of nitrogens with zero attached hydrogens (tertiary/aromatic N) is 2. The monoisotopic (exact) mass is 434 g/mol. The number of morpholine rings is 1. The van der Waals surface area contributed by atoms with Crippen molar-refractivity contribution in [2.75, 3.05) is 32.9 Å². The Labute approximate surface area is 176 Å². The van der Waals surface area contributed by atoms with Crippen LogP contribution in [-0.4, -0.2) is 62.0 Å². The number of hydrogen-bond donors (Lipinski definition) is 0. The predicted octanol–water partition coefficient (Wildman–Crippen LogP) is 2.19. The summed E-state index contributed by atoms with van der Waals surface area (Å²) in [5.41, 5.74) is 2.53. The van der Waals surface area contributed by atoms with E-state index in [0.29, 0.717) is 31.9 Å². The zero-order chi connectivity index (χ0) is 21.9. The highest BCUT2D eigenvalue weighted by Gasteiger charge is 2.26. The molecule has 2 heterocycles. The Morgan fingerprint density at radius 2 is 1.73 bits per heavy atom. The lowest BCUT2D eigenvalue weighted by molar-refractivity contribution is 0.0474. The van der Waals surface area contributed by atoms with Gasteiger partial charge in [-0.25, -0.2) is 13.2 Å². The molecule has 1 aromatic heterocycles. The van der Waals surface area contributed by atoms with E-state index in [-0.39, 0.29) is 22.8 Å². The van der Waals surface area contributed by atoms with Crippen LogP contribution in [0.5, 0.6) is 0 Å². The number of carbonyl (C=O) groups excluding carboxylic acids is 2. The van der Waals surface area contributed by atoms with Gasteiger partial charge in [-0.2, -0.15) is 4.31 Å². The van der Waals surface area contributed by atoms with Gasteiger partial charge in [0.25, 0.3) is 0 Å². The van der Waals surface area contributed by atoms with E-state index in [9.17, 15) is 18.0 Å². The van der Waals surface area contributed by atoms with Gasteiger partial charge in [0.2, 0.25) is 15.8 Å². The van der Waals surface area contributed by atoms with Crippen LogP contribution in [0.1, 0.15) is 39.0 Å². The van der Waals surface area contributed by atoms with Crippen molar-refractivity contribution in [1.29, 1.82) is 0 Å². The minimum Gasteiger partial charge on any atom is -0.454 e. The van der Waals surface area contributed by atoms with E-state index in [2.05, 4.69) is 0 Å². The van der Waals surface area contributed by atoms with E-state index in [1.54, 1.807) is 6.07 Å². The number of hydrogen-bond acceptors (Lipinski definition) is 6. The summed E-state index contributed by atoms with van der Waals surface area (Å²) < 4.78 is 39.0. The highest BCUT2D eigenvalue weighted by molar-refractivity contribution is 7.89. The SMILES string of the molecule is CCn1c(C)cc(C(=O)COC(=O)c2ccc(S(=O)(=O)N3CCOCC3)cc2)c1C. The molecule has 0 saturated carbocycles. The summed E-state index contributed by atoms with van der Waals surface area (Å²) in [4.78, 5) is 24.9. The maximum absolute atomic E-state index is 12.6. The van der Waals surface area contributed by atoms with Gasteiger partial charge in [0, 0.05) is 36.6 Å². The molecule has 0 spiro atoms. The van der Waals surface area contributed by atoms with Gasteiger partial charge in [0.05, 0.1) is 23.7 Å². The summed E-state index contributed by atoms with van der Waals surface area (Å²) in [6.45, 7) is 7.48. The van der Waals surface area contributed by atoms with Crippen LogP contribution in [0.15, 0.2) is 35.2 Å². The molecule has 8 nitrogen and oxygen atoms in total. The summed E-state index contributed by atoms with van der Waals surface area (Å²) in [5.74, 6) is -0.953. The van der Waals surface area contributed by atoms with Crippen LogP contribution in [0.4, 0.5) is 0 Å². The number of sulfonamides is 1. The number of ether oxygens (including phenoxy) is 2. The Hall–Kier alpha value is -2.49. The fraction of sp³-hybridized carbons (Fsp3) is 0.429. The molecule has 0 unspecified atom stereocenters. The second kappa shape index (κ2) is 9.11. The van der Waals surface area contributed by atoms with Gasteiger partial charge in [-0.05, 0) is 51.1 Å². The second-order valence-electron chi connectivity index (χ2n) is 7.07. The molecule has 1 saturated heterocycles. The molecule has 0 atom stereocenters. The summed E-state index contributed by atoms with van der Waals surface area (Å²) in [6, 6.07) is 7.32. The maximum atomic E-state index is 12.6. The normalized spacial score (nSPS) is 15.2. The Morgan fingerprint density at radius 3 is 2.30 bits per heavy atom. The van der Waals surface area contributed by atoms with Gasteiger partial charge in [-0.1, -0.05) is 0 Å². The van der Waals surface area contributed by atoms with E-state index >= 15 is 0 Å². The number of aromatic nitrogens is 1. The molecule has 0 bridgehead atoms. The van der Waals surface area contributed by atoms with Crippen molar-refractivity contribution in [3.63, 3.8) is 0 Å². The van der Waals surface area contributed by atoms with Crippen molar-refractivity contribution in [3.05, 3.63) is 52.8 Å². The summed E-state index contributed by atoms with van der Waals surface area (Å²) in [6.07, 6.45) is 0. The largest absolute Gasteiger partial charge is 0.454 e. The van der Waals surface area contributed by atoms with Crippen LogP contribution in [0.3, 0.4) is 0 Å². The van der Waals surface area contributed by atoms with E-state index in [1.807, 2.05) is 25.3 Å².